The van der Waals surface area contributed by atoms with Gasteiger partial charge in [-0.25, -0.2) is 0 Å². The standard InChI is InChI=1S/C34H24BrNO5/c35-24-14-8-20(9-15-24)21-10-16-25(17-11-21)36(28-7-3-5-22-4-1-2-6-27(22)28)26-18-12-23(13-19-26)29-30(37)32(39)34(41)33(40)31(29)38/h1-19,37-41H. The number of halogens is 1. The van der Waals surface area contributed by atoms with Gasteiger partial charge in [-0.05, 0) is 64.5 Å². The van der Waals surface area contributed by atoms with Gasteiger partial charge in [-0.3, -0.25) is 0 Å². The molecule has 0 saturated carbocycles. The first-order chi connectivity index (χ1) is 19.8. The zero-order valence-electron chi connectivity index (χ0n) is 21.5. The zero-order valence-corrected chi connectivity index (χ0v) is 23.1. The molecule has 6 aromatic rings. The summed E-state index contributed by atoms with van der Waals surface area (Å²) < 4.78 is 1.02. The minimum atomic E-state index is -0.992. The Kier molecular flexibility index (Phi) is 6.65. The summed E-state index contributed by atoms with van der Waals surface area (Å²) in [4.78, 5) is 2.11. The molecule has 0 amide bonds. The van der Waals surface area contributed by atoms with Crippen molar-refractivity contribution in [2.45, 2.75) is 0 Å². The van der Waals surface area contributed by atoms with Crippen LogP contribution in [-0.2, 0) is 0 Å². The molecule has 6 rings (SSSR count). The molecule has 0 aliphatic rings. The van der Waals surface area contributed by atoms with Gasteiger partial charge in [0.2, 0.25) is 17.2 Å². The monoisotopic (exact) mass is 605 g/mol. The lowest BCUT2D eigenvalue weighted by Gasteiger charge is -2.27. The van der Waals surface area contributed by atoms with Crippen LogP contribution in [0.15, 0.2) is 120 Å². The van der Waals surface area contributed by atoms with Crippen LogP contribution in [0.3, 0.4) is 0 Å². The maximum absolute atomic E-state index is 10.4. The van der Waals surface area contributed by atoms with E-state index >= 15 is 0 Å². The van der Waals surface area contributed by atoms with E-state index in [0.717, 1.165) is 43.4 Å². The number of rotatable bonds is 5. The number of aromatic hydroxyl groups is 5. The third-order valence-electron chi connectivity index (χ3n) is 7.10. The summed E-state index contributed by atoms with van der Waals surface area (Å²) in [6.45, 7) is 0. The van der Waals surface area contributed by atoms with Gasteiger partial charge in [-0.15, -0.1) is 0 Å². The zero-order chi connectivity index (χ0) is 28.7. The number of fused-ring (bicyclic) bond motifs is 1. The highest BCUT2D eigenvalue weighted by molar-refractivity contribution is 9.10. The Morgan fingerprint density at radius 1 is 0.439 bits per heavy atom. The largest absolute Gasteiger partial charge is 0.504 e. The molecule has 6 aromatic carbocycles. The number of nitrogens with zero attached hydrogens (tertiary/aromatic N) is 1. The van der Waals surface area contributed by atoms with Crippen LogP contribution in [-0.4, -0.2) is 25.5 Å². The molecule has 0 unspecified atom stereocenters. The molecule has 0 radical (unpaired) electrons. The van der Waals surface area contributed by atoms with Crippen molar-refractivity contribution in [3.63, 3.8) is 0 Å². The Hall–Kier alpha value is -5.14. The Labute approximate surface area is 244 Å². The number of anilines is 3. The Bertz CT molecular complexity index is 1850. The number of hydrogen-bond acceptors (Lipinski definition) is 6. The van der Waals surface area contributed by atoms with Crippen LogP contribution < -0.4 is 4.90 Å². The van der Waals surface area contributed by atoms with E-state index in [0.29, 0.717) is 5.56 Å². The van der Waals surface area contributed by atoms with E-state index in [9.17, 15) is 25.5 Å². The minimum Gasteiger partial charge on any atom is -0.504 e. The molecular formula is C34H24BrNO5. The molecule has 0 aliphatic carbocycles. The molecule has 5 N–H and O–H groups in total. The fourth-order valence-corrected chi connectivity index (χ4v) is 5.28. The third kappa shape index (κ3) is 4.66. The summed E-state index contributed by atoms with van der Waals surface area (Å²) in [5, 5.41) is 52.8. The summed E-state index contributed by atoms with van der Waals surface area (Å²) in [6, 6.07) is 37.6. The number of benzene rings is 6. The molecular weight excluding hydrogens is 582 g/mol. The van der Waals surface area contributed by atoms with Gasteiger partial charge in [-0.2, -0.15) is 0 Å². The number of phenolic OH excluding ortho intramolecular Hbond substituents is 5. The highest BCUT2D eigenvalue weighted by atomic mass is 79.9. The Morgan fingerprint density at radius 3 is 1.49 bits per heavy atom. The molecule has 0 bridgehead atoms. The summed E-state index contributed by atoms with van der Waals surface area (Å²) >= 11 is 3.49. The summed E-state index contributed by atoms with van der Waals surface area (Å²) in [7, 11) is 0. The van der Waals surface area contributed by atoms with Crippen LogP contribution in [0.25, 0.3) is 33.0 Å². The van der Waals surface area contributed by atoms with Crippen LogP contribution in [0.5, 0.6) is 28.7 Å². The van der Waals surface area contributed by atoms with Crippen molar-refractivity contribution in [1.29, 1.82) is 0 Å². The van der Waals surface area contributed by atoms with Gasteiger partial charge in [0, 0.05) is 21.2 Å². The molecule has 0 aromatic heterocycles. The number of hydrogen-bond donors (Lipinski definition) is 5. The van der Waals surface area contributed by atoms with Gasteiger partial charge in [0.1, 0.15) is 0 Å². The topological polar surface area (TPSA) is 104 Å². The van der Waals surface area contributed by atoms with Crippen LogP contribution in [0.1, 0.15) is 0 Å². The van der Waals surface area contributed by atoms with Crippen molar-refractivity contribution in [3.05, 3.63) is 120 Å². The first-order valence-electron chi connectivity index (χ1n) is 12.8. The molecule has 0 spiro atoms. The first kappa shape index (κ1) is 26.1. The van der Waals surface area contributed by atoms with Gasteiger partial charge >= 0.3 is 0 Å². The normalized spacial score (nSPS) is 11.0. The lowest BCUT2D eigenvalue weighted by molar-refractivity contribution is 0.330. The van der Waals surface area contributed by atoms with Crippen molar-refractivity contribution >= 4 is 43.8 Å². The van der Waals surface area contributed by atoms with Gasteiger partial charge < -0.3 is 30.4 Å². The van der Waals surface area contributed by atoms with Crippen molar-refractivity contribution in [2.24, 2.45) is 0 Å². The van der Waals surface area contributed by atoms with E-state index in [2.05, 4.69) is 75.4 Å². The molecule has 202 valence electrons. The van der Waals surface area contributed by atoms with Gasteiger partial charge in [0.05, 0.1) is 11.3 Å². The SMILES string of the molecule is Oc1c(O)c(O)c(-c2ccc(N(c3ccc(-c4ccc(Br)cc4)cc3)c3cccc4ccccc34)cc2)c(O)c1O. The highest BCUT2D eigenvalue weighted by Gasteiger charge is 2.24. The number of phenols is 5. The quantitative estimate of drug-likeness (QED) is 0.0992. The van der Waals surface area contributed by atoms with E-state index in [-0.39, 0.29) is 5.56 Å². The van der Waals surface area contributed by atoms with Crippen molar-refractivity contribution < 1.29 is 25.5 Å². The van der Waals surface area contributed by atoms with E-state index in [1.807, 2.05) is 48.5 Å². The lowest BCUT2D eigenvalue weighted by Crippen LogP contribution is -2.10. The minimum absolute atomic E-state index is 0.195. The summed E-state index contributed by atoms with van der Waals surface area (Å²) in [6.07, 6.45) is 0. The van der Waals surface area contributed by atoms with Gasteiger partial charge in [-0.1, -0.05) is 88.7 Å². The van der Waals surface area contributed by atoms with E-state index in [1.54, 1.807) is 12.1 Å². The molecule has 0 atom stereocenters. The summed E-state index contributed by atoms with van der Waals surface area (Å²) in [5.41, 5.74) is 4.98. The fourth-order valence-electron chi connectivity index (χ4n) is 5.01. The predicted molar refractivity (Wildman–Crippen MR) is 166 cm³/mol. The van der Waals surface area contributed by atoms with Crippen molar-refractivity contribution in [1.82, 2.24) is 0 Å². The van der Waals surface area contributed by atoms with Crippen molar-refractivity contribution in [2.75, 3.05) is 4.90 Å². The van der Waals surface area contributed by atoms with Crippen LogP contribution in [0.2, 0.25) is 0 Å². The highest BCUT2D eigenvalue weighted by Crippen LogP contribution is 2.55. The van der Waals surface area contributed by atoms with Gasteiger partial charge in [0.15, 0.2) is 11.5 Å². The third-order valence-corrected chi connectivity index (χ3v) is 7.62. The lowest BCUT2D eigenvalue weighted by atomic mass is 10.00. The van der Waals surface area contributed by atoms with Crippen molar-refractivity contribution in [3.8, 4) is 51.0 Å². The van der Waals surface area contributed by atoms with E-state index in [1.165, 1.54) is 0 Å². The smallest absolute Gasteiger partial charge is 0.208 e. The predicted octanol–water partition coefficient (Wildman–Crippen LogP) is 8.93. The Balaban J connectivity index is 1.48. The molecule has 0 fully saturated rings. The van der Waals surface area contributed by atoms with E-state index in [4.69, 9.17) is 0 Å². The fraction of sp³-hybridized carbons (Fsp3) is 0. The van der Waals surface area contributed by atoms with Crippen LogP contribution >= 0.6 is 15.9 Å². The average molecular weight is 606 g/mol. The molecule has 0 saturated heterocycles. The first-order valence-corrected chi connectivity index (χ1v) is 13.6. The summed E-state index contributed by atoms with van der Waals surface area (Å²) in [5.74, 6) is -4.29. The maximum Gasteiger partial charge on any atom is 0.208 e. The maximum atomic E-state index is 10.4. The van der Waals surface area contributed by atoms with Gasteiger partial charge in [0.25, 0.3) is 0 Å². The molecule has 0 aliphatic heterocycles. The molecule has 41 heavy (non-hydrogen) atoms. The molecule has 7 heteroatoms. The second kappa shape index (κ2) is 10.4. The van der Waals surface area contributed by atoms with Crippen LogP contribution in [0, 0.1) is 0 Å². The van der Waals surface area contributed by atoms with E-state index < -0.39 is 28.7 Å². The molecule has 0 heterocycles. The second-order valence-corrected chi connectivity index (χ2v) is 10.5. The average Bonchev–Trinajstić information content (AvgIpc) is 3.01. The van der Waals surface area contributed by atoms with Crippen LogP contribution in [0.4, 0.5) is 17.1 Å². The Morgan fingerprint density at radius 2 is 0.902 bits per heavy atom. The second-order valence-electron chi connectivity index (χ2n) is 9.55. The molecule has 6 nitrogen and oxygen atoms in total.